The third kappa shape index (κ3) is 5.22. The van der Waals surface area contributed by atoms with Crippen molar-refractivity contribution < 1.29 is 23.0 Å². The minimum Gasteiger partial charge on any atom is -0.453 e. The molecule has 1 saturated carbocycles. The second-order valence-corrected chi connectivity index (χ2v) is 9.41. The molecular formula is C28H23F2N7O4. The van der Waals surface area contributed by atoms with E-state index in [0.717, 1.165) is 23.6 Å². The standard InChI is InChI=1S/C28H23F2N7O4/c1-40-19-12-17(13-19)33-26-24-23(9-10-31-25(24)35-36-26)41-22-7-4-16(14-21(22)30)34-27(38)20-8-11-32-37(28(20)39)18-5-2-15(29)3-6-18/h2-11,14,17,19H,12-13H2,1H3,(H,34,38)(H2,31,33,35,36)/t17-,19+. The van der Waals surface area contributed by atoms with Gasteiger partial charge in [-0.2, -0.15) is 14.9 Å². The first-order valence-electron chi connectivity index (χ1n) is 12.6. The van der Waals surface area contributed by atoms with E-state index < -0.39 is 23.1 Å². The first kappa shape index (κ1) is 26.1. The lowest BCUT2D eigenvalue weighted by Gasteiger charge is -2.34. The maximum Gasteiger partial charge on any atom is 0.284 e. The number of nitrogens with zero attached hydrogens (tertiary/aromatic N) is 4. The Bertz CT molecular complexity index is 1800. The monoisotopic (exact) mass is 559 g/mol. The summed E-state index contributed by atoms with van der Waals surface area (Å²) < 4.78 is 40.6. The van der Waals surface area contributed by atoms with Crippen LogP contribution >= 0.6 is 0 Å². The van der Waals surface area contributed by atoms with Gasteiger partial charge in [-0.1, -0.05) is 0 Å². The van der Waals surface area contributed by atoms with E-state index >= 15 is 4.39 Å². The zero-order chi connectivity index (χ0) is 28.5. The van der Waals surface area contributed by atoms with Crippen LogP contribution in [-0.4, -0.2) is 50.1 Å². The molecule has 1 fully saturated rings. The summed E-state index contributed by atoms with van der Waals surface area (Å²) in [5, 5.41) is 17.5. The first-order chi connectivity index (χ1) is 19.9. The summed E-state index contributed by atoms with van der Waals surface area (Å²) in [6, 6.07) is 12.0. The number of hydrogen-bond donors (Lipinski definition) is 3. The number of carbonyl (C=O) groups is 1. The summed E-state index contributed by atoms with van der Waals surface area (Å²) >= 11 is 0. The zero-order valence-corrected chi connectivity index (χ0v) is 21.6. The molecule has 208 valence electrons. The van der Waals surface area contributed by atoms with E-state index in [1.54, 1.807) is 13.2 Å². The highest BCUT2D eigenvalue weighted by atomic mass is 19.1. The van der Waals surface area contributed by atoms with E-state index in [-0.39, 0.29) is 34.8 Å². The molecule has 11 nitrogen and oxygen atoms in total. The van der Waals surface area contributed by atoms with Crippen LogP contribution in [0.1, 0.15) is 23.2 Å². The fraction of sp³-hybridized carbons (Fsp3) is 0.179. The number of nitrogens with one attached hydrogen (secondary N) is 3. The van der Waals surface area contributed by atoms with Crippen molar-refractivity contribution >= 4 is 28.4 Å². The molecule has 1 aliphatic rings. The van der Waals surface area contributed by atoms with Crippen LogP contribution < -0.4 is 20.9 Å². The summed E-state index contributed by atoms with van der Waals surface area (Å²) in [4.78, 5) is 30.0. The third-order valence-corrected chi connectivity index (χ3v) is 6.76. The molecule has 0 unspecified atom stereocenters. The number of fused-ring (bicyclic) bond motifs is 1. The highest BCUT2D eigenvalue weighted by Gasteiger charge is 2.30. The molecule has 1 amide bonds. The van der Waals surface area contributed by atoms with Gasteiger partial charge in [0.15, 0.2) is 23.0 Å². The number of aromatic amines is 1. The molecule has 1 aliphatic carbocycles. The topological polar surface area (TPSA) is 136 Å². The van der Waals surface area contributed by atoms with Crippen LogP contribution in [0, 0.1) is 11.6 Å². The van der Waals surface area contributed by atoms with Gasteiger partial charge in [0.05, 0.1) is 11.8 Å². The van der Waals surface area contributed by atoms with E-state index in [1.807, 2.05) is 0 Å². The van der Waals surface area contributed by atoms with Gasteiger partial charge in [-0.3, -0.25) is 14.7 Å². The number of anilines is 2. The molecule has 3 N–H and O–H groups in total. The number of methoxy groups -OCH3 is 1. The number of pyridine rings is 1. The molecule has 0 bridgehead atoms. The minimum absolute atomic E-state index is 0.0895. The zero-order valence-electron chi connectivity index (χ0n) is 21.6. The van der Waals surface area contributed by atoms with Crippen LogP contribution in [0.15, 0.2) is 71.8 Å². The SMILES string of the molecule is CO[C@H]1C[C@@H](Nc2n[nH]c3nccc(Oc4ccc(NC(=O)c5ccnn(-c6ccc(F)cc6)c5=O)cc4F)c23)C1. The van der Waals surface area contributed by atoms with Gasteiger partial charge in [-0.25, -0.2) is 13.8 Å². The number of H-pyrrole nitrogens is 1. The van der Waals surface area contributed by atoms with Crippen molar-refractivity contribution in [2.24, 2.45) is 0 Å². The number of hydrogen-bond acceptors (Lipinski definition) is 8. The molecule has 0 saturated heterocycles. The molecule has 0 radical (unpaired) electrons. The fourth-order valence-electron chi connectivity index (χ4n) is 4.51. The lowest BCUT2D eigenvalue weighted by molar-refractivity contribution is 0.0328. The summed E-state index contributed by atoms with van der Waals surface area (Å²) in [6.07, 6.45) is 4.66. The molecule has 3 heterocycles. The van der Waals surface area contributed by atoms with Crippen LogP contribution in [0.5, 0.6) is 11.5 Å². The number of ether oxygens (including phenoxy) is 2. The van der Waals surface area contributed by atoms with Crippen molar-refractivity contribution in [3.05, 3.63) is 94.5 Å². The average Bonchev–Trinajstić information content (AvgIpc) is 3.36. The fourth-order valence-corrected chi connectivity index (χ4v) is 4.51. The van der Waals surface area contributed by atoms with Crippen LogP contribution in [0.25, 0.3) is 16.7 Å². The second kappa shape index (κ2) is 10.8. The van der Waals surface area contributed by atoms with Gasteiger partial charge in [0.1, 0.15) is 22.5 Å². The summed E-state index contributed by atoms with van der Waals surface area (Å²) in [7, 11) is 1.68. The Labute approximate surface area is 231 Å². The first-order valence-corrected chi connectivity index (χ1v) is 12.6. The molecule has 6 rings (SSSR count). The Morgan fingerprint density at radius 3 is 2.61 bits per heavy atom. The van der Waals surface area contributed by atoms with E-state index in [0.29, 0.717) is 22.6 Å². The summed E-state index contributed by atoms with van der Waals surface area (Å²) in [5.74, 6) is -1.20. The number of carbonyl (C=O) groups excluding carboxylic acids is 1. The average molecular weight is 560 g/mol. The highest BCUT2D eigenvalue weighted by molar-refractivity contribution is 6.04. The maximum absolute atomic E-state index is 15.1. The quantitative estimate of drug-likeness (QED) is 0.254. The predicted molar refractivity (Wildman–Crippen MR) is 146 cm³/mol. The van der Waals surface area contributed by atoms with Gasteiger partial charge in [0.2, 0.25) is 0 Å². The normalized spacial score (nSPS) is 16.3. The van der Waals surface area contributed by atoms with Crippen LogP contribution in [0.3, 0.4) is 0 Å². The Balaban J connectivity index is 1.19. The van der Waals surface area contributed by atoms with E-state index in [4.69, 9.17) is 9.47 Å². The molecule has 3 aromatic heterocycles. The number of amides is 1. The van der Waals surface area contributed by atoms with Crippen molar-refractivity contribution in [2.75, 3.05) is 17.7 Å². The number of halogens is 2. The number of rotatable bonds is 8. The van der Waals surface area contributed by atoms with Crippen LogP contribution in [0.2, 0.25) is 0 Å². The molecular weight excluding hydrogens is 536 g/mol. The Hall–Kier alpha value is -5.17. The maximum atomic E-state index is 15.1. The van der Waals surface area contributed by atoms with Crippen LogP contribution in [0.4, 0.5) is 20.3 Å². The van der Waals surface area contributed by atoms with Gasteiger partial charge < -0.3 is 20.1 Å². The van der Waals surface area contributed by atoms with Gasteiger partial charge >= 0.3 is 0 Å². The minimum atomic E-state index is -0.766. The van der Waals surface area contributed by atoms with Crippen molar-refractivity contribution in [3.8, 4) is 17.2 Å². The van der Waals surface area contributed by atoms with Gasteiger partial charge in [0.25, 0.3) is 11.5 Å². The lowest BCUT2D eigenvalue weighted by Crippen LogP contribution is -2.40. The van der Waals surface area contributed by atoms with E-state index in [2.05, 4.69) is 30.9 Å². The van der Waals surface area contributed by atoms with Gasteiger partial charge in [0, 0.05) is 43.4 Å². The van der Waals surface area contributed by atoms with Crippen LogP contribution in [-0.2, 0) is 4.74 Å². The number of aromatic nitrogens is 5. The van der Waals surface area contributed by atoms with Crippen molar-refractivity contribution in [1.29, 1.82) is 0 Å². The van der Waals surface area contributed by atoms with E-state index in [1.165, 1.54) is 54.9 Å². The molecule has 41 heavy (non-hydrogen) atoms. The smallest absolute Gasteiger partial charge is 0.284 e. The second-order valence-electron chi connectivity index (χ2n) is 9.41. The summed E-state index contributed by atoms with van der Waals surface area (Å²) in [6.45, 7) is 0. The molecule has 2 aromatic carbocycles. The molecule has 0 atom stereocenters. The van der Waals surface area contributed by atoms with E-state index in [9.17, 15) is 14.0 Å². The largest absolute Gasteiger partial charge is 0.453 e. The van der Waals surface area contributed by atoms with Crippen molar-refractivity contribution in [3.63, 3.8) is 0 Å². The van der Waals surface area contributed by atoms with Crippen molar-refractivity contribution in [2.45, 2.75) is 25.0 Å². The Kier molecular flexibility index (Phi) is 6.85. The Morgan fingerprint density at radius 2 is 1.85 bits per heavy atom. The number of benzene rings is 2. The predicted octanol–water partition coefficient (Wildman–Crippen LogP) is 4.42. The molecule has 0 aliphatic heterocycles. The van der Waals surface area contributed by atoms with Gasteiger partial charge in [-0.05, 0) is 55.3 Å². The van der Waals surface area contributed by atoms with Crippen molar-refractivity contribution in [1.82, 2.24) is 25.0 Å². The third-order valence-electron chi connectivity index (χ3n) is 6.76. The molecule has 5 aromatic rings. The highest BCUT2D eigenvalue weighted by Crippen LogP contribution is 2.36. The Morgan fingerprint density at radius 1 is 1.05 bits per heavy atom. The summed E-state index contributed by atoms with van der Waals surface area (Å²) in [5.41, 5.74) is -0.0877. The molecule has 13 heteroatoms. The molecule has 0 spiro atoms. The van der Waals surface area contributed by atoms with Gasteiger partial charge in [-0.15, -0.1) is 0 Å². The lowest BCUT2D eigenvalue weighted by atomic mass is 9.89.